The largest absolute Gasteiger partial charge is 0.507 e. The highest BCUT2D eigenvalue weighted by atomic mass is 32.1. The normalized spacial score (nSPS) is 16.3. The van der Waals surface area contributed by atoms with Crippen molar-refractivity contribution in [2.24, 2.45) is 0 Å². The molecule has 6 rings (SSSR count). The number of ether oxygens (including phenoxy) is 2. The van der Waals surface area contributed by atoms with Gasteiger partial charge in [-0.2, -0.15) is 0 Å². The first-order valence-corrected chi connectivity index (χ1v) is 14.3. The van der Waals surface area contributed by atoms with E-state index in [1.54, 1.807) is 36.4 Å². The van der Waals surface area contributed by atoms with Crippen LogP contribution in [0.1, 0.15) is 33.9 Å². The van der Waals surface area contributed by atoms with E-state index in [-0.39, 0.29) is 11.3 Å². The first-order valence-electron chi connectivity index (χ1n) is 13.4. The van der Waals surface area contributed by atoms with E-state index in [0.717, 1.165) is 26.9 Å². The van der Waals surface area contributed by atoms with Gasteiger partial charge in [0.15, 0.2) is 5.13 Å². The van der Waals surface area contributed by atoms with Crippen molar-refractivity contribution in [2.45, 2.75) is 26.5 Å². The van der Waals surface area contributed by atoms with Gasteiger partial charge in [0.25, 0.3) is 5.78 Å². The van der Waals surface area contributed by atoms with Crippen LogP contribution in [0.2, 0.25) is 0 Å². The van der Waals surface area contributed by atoms with E-state index >= 15 is 0 Å². The Kier molecular flexibility index (Phi) is 7.22. The molecule has 7 nitrogen and oxygen atoms in total. The highest BCUT2D eigenvalue weighted by Crippen LogP contribution is 2.45. The molecule has 0 bridgehead atoms. The highest BCUT2D eigenvalue weighted by Gasteiger charge is 2.48. The van der Waals surface area contributed by atoms with E-state index in [9.17, 15) is 14.7 Å². The van der Waals surface area contributed by atoms with Crippen molar-refractivity contribution < 1.29 is 24.2 Å². The lowest BCUT2D eigenvalue weighted by Gasteiger charge is -2.23. The Labute approximate surface area is 247 Å². The van der Waals surface area contributed by atoms with Gasteiger partial charge in [-0.25, -0.2) is 4.98 Å². The number of anilines is 1. The van der Waals surface area contributed by atoms with Crippen molar-refractivity contribution in [2.75, 3.05) is 12.0 Å². The molecule has 2 heterocycles. The number of rotatable bonds is 7. The Morgan fingerprint density at radius 3 is 2.43 bits per heavy atom. The number of amides is 1. The van der Waals surface area contributed by atoms with Gasteiger partial charge in [-0.15, -0.1) is 0 Å². The van der Waals surface area contributed by atoms with Gasteiger partial charge < -0.3 is 14.6 Å². The smallest absolute Gasteiger partial charge is 0.301 e. The molecule has 1 saturated heterocycles. The van der Waals surface area contributed by atoms with Crippen LogP contribution in [-0.4, -0.2) is 28.9 Å². The number of aliphatic hydroxyl groups excluding tert-OH is 1. The van der Waals surface area contributed by atoms with Crippen LogP contribution >= 0.6 is 11.3 Å². The van der Waals surface area contributed by atoms with Gasteiger partial charge in [-0.05, 0) is 66.4 Å². The number of nitrogens with zero attached hydrogens (tertiary/aromatic N) is 2. The van der Waals surface area contributed by atoms with Gasteiger partial charge in [-0.3, -0.25) is 14.5 Å². The molecule has 0 spiro atoms. The van der Waals surface area contributed by atoms with Crippen molar-refractivity contribution in [3.63, 3.8) is 0 Å². The number of aryl methyl sites for hydroxylation is 2. The Bertz CT molecular complexity index is 1840. The summed E-state index contributed by atoms with van der Waals surface area (Å²) in [6, 6.07) is 27.0. The summed E-state index contributed by atoms with van der Waals surface area (Å²) >= 11 is 1.34. The number of aliphatic hydroxyl groups is 1. The molecule has 0 saturated carbocycles. The molecule has 1 N–H and O–H groups in total. The second kappa shape index (κ2) is 11.1. The van der Waals surface area contributed by atoms with Crippen LogP contribution in [0.3, 0.4) is 0 Å². The fourth-order valence-corrected chi connectivity index (χ4v) is 6.39. The van der Waals surface area contributed by atoms with Gasteiger partial charge >= 0.3 is 5.91 Å². The van der Waals surface area contributed by atoms with E-state index in [4.69, 9.17) is 14.5 Å². The predicted octanol–water partition coefficient (Wildman–Crippen LogP) is 7.13. The minimum atomic E-state index is -0.902. The maximum atomic E-state index is 13.7. The van der Waals surface area contributed by atoms with Gasteiger partial charge in [-0.1, -0.05) is 72.0 Å². The monoisotopic (exact) mass is 576 g/mol. The molecule has 1 aromatic heterocycles. The lowest BCUT2D eigenvalue weighted by molar-refractivity contribution is -0.132. The van der Waals surface area contributed by atoms with Crippen molar-refractivity contribution in [3.05, 3.63) is 124 Å². The number of fused-ring (bicyclic) bond motifs is 1. The molecule has 4 aromatic carbocycles. The molecule has 5 aromatic rings. The Morgan fingerprint density at radius 2 is 1.69 bits per heavy atom. The molecule has 8 heteroatoms. The Balaban J connectivity index is 1.45. The second-order valence-electron chi connectivity index (χ2n) is 10.2. The van der Waals surface area contributed by atoms with Crippen LogP contribution in [0.25, 0.3) is 16.0 Å². The van der Waals surface area contributed by atoms with Crippen molar-refractivity contribution >= 4 is 44.1 Å². The zero-order valence-electron chi connectivity index (χ0n) is 23.3. The topological polar surface area (TPSA) is 89.0 Å². The second-order valence-corrected chi connectivity index (χ2v) is 11.2. The van der Waals surface area contributed by atoms with Gasteiger partial charge in [0, 0.05) is 5.56 Å². The molecule has 1 amide bonds. The fourth-order valence-electron chi connectivity index (χ4n) is 5.22. The minimum Gasteiger partial charge on any atom is -0.507 e. The lowest BCUT2D eigenvalue weighted by atomic mass is 9.95. The van der Waals surface area contributed by atoms with E-state index in [1.807, 2.05) is 68.4 Å². The minimum absolute atomic E-state index is 0.0154. The SMILES string of the molecule is COc1cccc(/C(O)=C2\C(=O)C(=O)N(c3nc4c(C)cc(C)cc4s3)C2c2ccc(OCc3ccccc3)cc2)c1. The number of thiazole rings is 1. The average Bonchev–Trinajstić information content (AvgIpc) is 3.54. The van der Waals surface area contributed by atoms with Crippen LogP contribution in [0.5, 0.6) is 11.5 Å². The van der Waals surface area contributed by atoms with Crippen molar-refractivity contribution in [1.82, 2.24) is 4.98 Å². The van der Waals surface area contributed by atoms with Crippen LogP contribution in [-0.2, 0) is 16.2 Å². The van der Waals surface area contributed by atoms with E-state index < -0.39 is 17.7 Å². The van der Waals surface area contributed by atoms with E-state index in [2.05, 4.69) is 0 Å². The molecule has 1 atom stereocenters. The van der Waals surface area contributed by atoms with Crippen molar-refractivity contribution in [1.29, 1.82) is 0 Å². The zero-order chi connectivity index (χ0) is 29.4. The van der Waals surface area contributed by atoms with Crippen LogP contribution in [0, 0.1) is 13.8 Å². The summed E-state index contributed by atoms with van der Waals surface area (Å²) in [4.78, 5) is 33.5. The summed E-state index contributed by atoms with van der Waals surface area (Å²) in [5, 5.41) is 11.9. The molecule has 1 unspecified atom stereocenters. The highest BCUT2D eigenvalue weighted by molar-refractivity contribution is 7.22. The Morgan fingerprint density at radius 1 is 0.929 bits per heavy atom. The number of Topliss-reactive ketones (excluding diaryl/α,β-unsaturated/α-hetero) is 1. The number of aromatic nitrogens is 1. The summed E-state index contributed by atoms with van der Waals surface area (Å²) < 4.78 is 12.2. The summed E-state index contributed by atoms with van der Waals surface area (Å²) in [7, 11) is 1.52. The number of carbonyl (C=O) groups excluding carboxylic acids is 2. The summed E-state index contributed by atoms with van der Waals surface area (Å²) in [6.45, 7) is 4.38. The summed E-state index contributed by atoms with van der Waals surface area (Å²) in [5.74, 6) is -0.656. The van der Waals surface area contributed by atoms with Gasteiger partial charge in [0.2, 0.25) is 0 Å². The maximum absolute atomic E-state index is 13.7. The van der Waals surface area contributed by atoms with Gasteiger partial charge in [0.1, 0.15) is 23.9 Å². The number of carbonyl (C=O) groups is 2. The summed E-state index contributed by atoms with van der Waals surface area (Å²) in [5.41, 5.74) is 4.87. The third-order valence-electron chi connectivity index (χ3n) is 7.26. The molecule has 210 valence electrons. The quantitative estimate of drug-likeness (QED) is 0.126. The first kappa shape index (κ1) is 27.2. The first-order chi connectivity index (χ1) is 20.3. The molecule has 1 aliphatic heterocycles. The zero-order valence-corrected chi connectivity index (χ0v) is 24.1. The fraction of sp³-hybridized carbons (Fsp3) is 0.147. The van der Waals surface area contributed by atoms with E-state index in [1.165, 1.54) is 23.3 Å². The number of hydrogen-bond acceptors (Lipinski definition) is 7. The molecule has 1 aliphatic rings. The average molecular weight is 577 g/mol. The molecular weight excluding hydrogens is 548 g/mol. The van der Waals surface area contributed by atoms with Crippen LogP contribution in [0.4, 0.5) is 5.13 Å². The van der Waals surface area contributed by atoms with Crippen LogP contribution in [0.15, 0.2) is 96.6 Å². The number of ketones is 1. The third kappa shape index (κ3) is 5.01. The lowest BCUT2D eigenvalue weighted by Crippen LogP contribution is -2.29. The standard InChI is InChI=1S/C34H28N2O5S/c1-20-16-21(2)29-27(17-20)42-34(35-29)36-30(23-12-14-25(15-13-23)41-19-22-8-5-4-6-9-22)28(32(38)33(36)39)31(37)24-10-7-11-26(18-24)40-3/h4-18,30,37H,19H2,1-3H3/b31-28+. The van der Waals surface area contributed by atoms with Crippen molar-refractivity contribution in [3.8, 4) is 11.5 Å². The third-order valence-corrected chi connectivity index (χ3v) is 8.26. The van der Waals surface area contributed by atoms with Crippen LogP contribution < -0.4 is 14.4 Å². The molecular formula is C34H28N2O5S. The molecule has 0 radical (unpaired) electrons. The molecule has 0 aliphatic carbocycles. The Hall–Kier alpha value is -4.95. The maximum Gasteiger partial charge on any atom is 0.301 e. The number of methoxy groups -OCH3 is 1. The van der Waals surface area contributed by atoms with E-state index in [0.29, 0.717) is 34.4 Å². The number of hydrogen-bond donors (Lipinski definition) is 1. The molecule has 1 fully saturated rings. The predicted molar refractivity (Wildman–Crippen MR) is 164 cm³/mol. The summed E-state index contributed by atoms with van der Waals surface area (Å²) in [6.07, 6.45) is 0. The van der Waals surface area contributed by atoms with Gasteiger partial charge in [0.05, 0.1) is 28.9 Å². The number of benzene rings is 4. The molecule has 42 heavy (non-hydrogen) atoms.